The standard InChI is InChI=1S/C20H31F2N5O2.HI/c1-4-23-20(24-9-10-26-11-13-27(14-12-26)16(2)28)25(3)15-17-5-7-18(8-6-17)29-19(21)22;/h5-8,19H,4,9-15H2,1-3H3,(H,23,24);1H. The molecule has 30 heavy (non-hydrogen) atoms. The van der Waals surface area contributed by atoms with Crippen molar-refractivity contribution in [1.29, 1.82) is 0 Å². The summed E-state index contributed by atoms with van der Waals surface area (Å²) in [4.78, 5) is 22.3. The Balaban J connectivity index is 0.00000450. The fourth-order valence-electron chi connectivity index (χ4n) is 3.18. The van der Waals surface area contributed by atoms with E-state index in [1.807, 2.05) is 23.8 Å². The highest BCUT2D eigenvalue weighted by atomic mass is 127. The van der Waals surface area contributed by atoms with Gasteiger partial charge in [-0.25, -0.2) is 0 Å². The Kier molecular flexibility index (Phi) is 11.9. The molecule has 0 bridgehead atoms. The molecule has 1 aromatic carbocycles. The summed E-state index contributed by atoms with van der Waals surface area (Å²) in [6.07, 6.45) is 0. The number of carbonyl (C=O) groups is 1. The van der Waals surface area contributed by atoms with Crippen LogP contribution >= 0.6 is 24.0 Å². The number of hydrogen-bond acceptors (Lipinski definition) is 4. The molecule has 1 aromatic rings. The lowest BCUT2D eigenvalue weighted by atomic mass is 10.2. The van der Waals surface area contributed by atoms with E-state index in [-0.39, 0.29) is 35.6 Å². The zero-order chi connectivity index (χ0) is 21.2. The van der Waals surface area contributed by atoms with Gasteiger partial charge in [-0.1, -0.05) is 12.1 Å². The molecule has 1 N–H and O–H groups in total. The molecule has 1 amide bonds. The molecule has 1 aliphatic rings. The van der Waals surface area contributed by atoms with E-state index in [0.717, 1.165) is 50.8 Å². The highest BCUT2D eigenvalue weighted by molar-refractivity contribution is 14.0. The second-order valence-electron chi connectivity index (χ2n) is 6.96. The zero-order valence-corrected chi connectivity index (χ0v) is 20.1. The van der Waals surface area contributed by atoms with E-state index >= 15 is 0 Å². The Morgan fingerprint density at radius 2 is 1.87 bits per heavy atom. The van der Waals surface area contributed by atoms with Crippen molar-refractivity contribution in [3.05, 3.63) is 29.8 Å². The number of amides is 1. The number of aliphatic imine (C=N–C) groups is 1. The Bertz CT molecular complexity index is 668. The fourth-order valence-corrected chi connectivity index (χ4v) is 3.18. The van der Waals surface area contributed by atoms with Gasteiger partial charge in [-0.2, -0.15) is 8.78 Å². The second-order valence-corrected chi connectivity index (χ2v) is 6.96. The summed E-state index contributed by atoms with van der Waals surface area (Å²) in [5.41, 5.74) is 0.972. The molecular weight excluding hydrogens is 507 g/mol. The minimum Gasteiger partial charge on any atom is -0.435 e. The quantitative estimate of drug-likeness (QED) is 0.313. The molecule has 0 aliphatic carbocycles. The molecule has 170 valence electrons. The van der Waals surface area contributed by atoms with Crippen LogP contribution in [0.2, 0.25) is 0 Å². The van der Waals surface area contributed by atoms with Crippen molar-refractivity contribution >= 4 is 35.8 Å². The summed E-state index contributed by atoms with van der Waals surface area (Å²) in [7, 11) is 1.94. The molecule has 0 spiro atoms. The number of nitrogens with one attached hydrogen (secondary N) is 1. The highest BCUT2D eigenvalue weighted by Gasteiger charge is 2.18. The van der Waals surface area contributed by atoms with Crippen molar-refractivity contribution in [2.75, 3.05) is 52.9 Å². The third-order valence-corrected chi connectivity index (χ3v) is 4.76. The van der Waals surface area contributed by atoms with Crippen molar-refractivity contribution < 1.29 is 18.3 Å². The molecule has 0 atom stereocenters. The molecule has 0 saturated carbocycles. The molecule has 1 aliphatic heterocycles. The van der Waals surface area contributed by atoms with Crippen LogP contribution in [0.1, 0.15) is 19.4 Å². The number of ether oxygens (including phenoxy) is 1. The van der Waals surface area contributed by atoms with Gasteiger partial charge in [0.25, 0.3) is 0 Å². The van der Waals surface area contributed by atoms with Crippen molar-refractivity contribution in [2.45, 2.75) is 27.0 Å². The lowest BCUT2D eigenvalue weighted by Crippen LogP contribution is -2.48. The number of benzene rings is 1. The van der Waals surface area contributed by atoms with Gasteiger partial charge in [-0.05, 0) is 24.6 Å². The van der Waals surface area contributed by atoms with Gasteiger partial charge in [-0.3, -0.25) is 14.7 Å². The van der Waals surface area contributed by atoms with E-state index < -0.39 is 6.61 Å². The largest absolute Gasteiger partial charge is 0.435 e. The lowest BCUT2D eigenvalue weighted by Gasteiger charge is -2.33. The SMILES string of the molecule is CCNC(=NCCN1CCN(C(C)=O)CC1)N(C)Cc1ccc(OC(F)F)cc1.I. The number of carbonyl (C=O) groups excluding carboxylic acids is 1. The molecule has 0 aromatic heterocycles. The average molecular weight is 539 g/mol. The predicted octanol–water partition coefficient (Wildman–Crippen LogP) is 2.47. The third kappa shape index (κ3) is 8.99. The summed E-state index contributed by atoms with van der Waals surface area (Å²) >= 11 is 0. The van der Waals surface area contributed by atoms with Crippen LogP contribution in [0, 0.1) is 0 Å². The van der Waals surface area contributed by atoms with Crippen molar-refractivity contribution in [2.24, 2.45) is 4.99 Å². The van der Waals surface area contributed by atoms with Crippen LogP contribution in [0.3, 0.4) is 0 Å². The van der Waals surface area contributed by atoms with Gasteiger partial charge in [0.1, 0.15) is 5.75 Å². The molecule has 2 rings (SSSR count). The molecule has 7 nitrogen and oxygen atoms in total. The van der Waals surface area contributed by atoms with Crippen LogP contribution in [-0.4, -0.2) is 86.0 Å². The summed E-state index contributed by atoms with van der Waals surface area (Å²) in [6, 6.07) is 6.62. The van der Waals surface area contributed by atoms with Crippen molar-refractivity contribution in [3.63, 3.8) is 0 Å². The average Bonchev–Trinajstić information content (AvgIpc) is 2.68. The summed E-state index contributed by atoms with van der Waals surface area (Å²) in [6.45, 7) is 6.93. The first-order valence-electron chi connectivity index (χ1n) is 9.90. The maximum absolute atomic E-state index is 12.3. The Hall–Kier alpha value is -1.69. The third-order valence-electron chi connectivity index (χ3n) is 4.76. The van der Waals surface area contributed by atoms with Crippen LogP contribution in [-0.2, 0) is 11.3 Å². The summed E-state index contributed by atoms with van der Waals surface area (Å²) < 4.78 is 28.9. The minimum absolute atomic E-state index is 0. The van der Waals surface area contributed by atoms with Crippen LogP contribution in [0.25, 0.3) is 0 Å². The first-order chi connectivity index (χ1) is 13.9. The molecule has 0 radical (unpaired) electrons. The molecule has 1 fully saturated rings. The molecular formula is C20H32F2IN5O2. The summed E-state index contributed by atoms with van der Waals surface area (Å²) in [5, 5.41) is 3.28. The number of hydrogen-bond donors (Lipinski definition) is 1. The maximum Gasteiger partial charge on any atom is 0.387 e. The van der Waals surface area contributed by atoms with E-state index in [1.165, 1.54) is 0 Å². The molecule has 1 heterocycles. The maximum atomic E-state index is 12.3. The fraction of sp³-hybridized carbons (Fsp3) is 0.600. The molecule has 10 heteroatoms. The van der Waals surface area contributed by atoms with Crippen LogP contribution in [0.15, 0.2) is 29.3 Å². The van der Waals surface area contributed by atoms with E-state index in [1.54, 1.807) is 31.2 Å². The number of rotatable bonds is 8. The van der Waals surface area contributed by atoms with Gasteiger partial charge < -0.3 is 19.9 Å². The topological polar surface area (TPSA) is 60.4 Å². The Morgan fingerprint density at radius 3 is 2.40 bits per heavy atom. The first-order valence-corrected chi connectivity index (χ1v) is 9.90. The van der Waals surface area contributed by atoms with Crippen LogP contribution < -0.4 is 10.1 Å². The number of halogens is 3. The first kappa shape index (κ1) is 26.3. The number of nitrogens with zero attached hydrogens (tertiary/aromatic N) is 4. The van der Waals surface area contributed by atoms with E-state index in [0.29, 0.717) is 13.1 Å². The van der Waals surface area contributed by atoms with E-state index in [2.05, 4.69) is 15.0 Å². The van der Waals surface area contributed by atoms with Gasteiger partial charge in [0.15, 0.2) is 5.96 Å². The van der Waals surface area contributed by atoms with Crippen molar-refractivity contribution in [3.8, 4) is 5.75 Å². The normalized spacial score (nSPS) is 15.0. The Labute approximate surface area is 194 Å². The number of alkyl halides is 2. The van der Waals surface area contributed by atoms with Gasteiger partial charge in [0.05, 0.1) is 6.54 Å². The highest BCUT2D eigenvalue weighted by Crippen LogP contribution is 2.15. The second kappa shape index (κ2) is 13.6. The van der Waals surface area contributed by atoms with Crippen LogP contribution in [0.5, 0.6) is 5.75 Å². The predicted molar refractivity (Wildman–Crippen MR) is 125 cm³/mol. The summed E-state index contributed by atoms with van der Waals surface area (Å²) in [5.74, 6) is 1.08. The lowest BCUT2D eigenvalue weighted by molar-refractivity contribution is -0.130. The van der Waals surface area contributed by atoms with Gasteiger partial charge in [-0.15, -0.1) is 24.0 Å². The zero-order valence-electron chi connectivity index (χ0n) is 17.8. The Morgan fingerprint density at radius 1 is 1.23 bits per heavy atom. The van der Waals surface area contributed by atoms with E-state index in [4.69, 9.17) is 4.99 Å². The molecule has 1 saturated heterocycles. The minimum atomic E-state index is -2.82. The number of piperazine rings is 1. The van der Waals surface area contributed by atoms with Gasteiger partial charge >= 0.3 is 6.61 Å². The van der Waals surface area contributed by atoms with Crippen LogP contribution in [0.4, 0.5) is 8.78 Å². The van der Waals surface area contributed by atoms with Gasteiger partial charge in [0, 0.05) is 59.8 Å². The van der Waals surface area contributed by atoms with Gasteiger partial charge in [0.2, 0.25) is 5.91 Å². The van der Waals surface area contributed by atoms with Crippen molar-refractivity contribution in [1.82, 2.24) is 20.0 Å². The monoisotopic (exact) mass is 539 g/mol. The smallest absolute Gasteiger partial charge is 0.387 e. The molecule has 0 unspecified atom stereocenters. The van der Waals surface area contributed by atoms with E-state index in [9.17, 15) is 13.6 Å². The number of guanidine groups is 1.